The van der Waals surface area contributed by atoms with E-state index in [0.29, 0.717) is 32.0 Å². The van der Waals surface area contributed by atoms with Gasteiger partial charge in [0.25, 0.3) is 0 Å². The van der Waals surface area contributed by atoms with Gasteiger partial charge in [0.15, 0.2) is 11.9 Å². The van der Waals surface area contributed by atoms with Crippen LogP contribution in [0, 0.1) is 10.1 Å². The van der Waals surface area contributed by atoms with Gasteiger partial charge in [-0.1, -0.05) is 0 Å². The fraction of sp³-hybridized carbons (Fsp3) is 0.444. The lowest BCUT2D eigenvalue weighted by Crippen LogP contribution is -2.36. The molecule has 7 nitrogen and oxygen atoms in total. The highest BCUT2D eigenvalue weighted by molar-refractivity contribution is 5.61. The zero-order valence-corrected chi connectivity index (χ0v) is 8.50. The van der Waals surface area contributed by atoms with E-state index < -0.39 is 4.92 Å². The van der Waals surface area contributed by atoms with Crippen LogP contribution >= 0.6 is 0 Å². The standard InChI is InChI=1S/C9H11N3O4/c13-7-5-8(9(10-6-7)12(14)15)11-1-3-16-4-2-11/h5-6,13H,1-4H2. The van der Waals surface area contributed by atoms with Crippen molar-refractivity contribution in [2.75, 3.05) is 31.2 Å². The Balaban J connectivity index is 2.36. The molecule has 0 saturated carbocycles. The van der Waals surface area contributed by atoms with Crippen LogP contribution in [-0.4, -0.2) is 41.3 Å². The number of hydrogen-bond acceptors (Lipinski definition) is 6. The van der Waals surface area contributed by atoms with Crippen molar-refractivity contribution in [1.29, 1.82) is 0 Å². The Kier molecular flexibility index (Phi) is 2.86. The molecular weight excluding hydrogens is 214 g/mol. The van der Waals surface area contributed by atoms with Gasteiger partial charge in [0.1, 0.15) is 5.69 Å². The summed E-state index contributed by atoms with van der Waals surface area (Å²) >= 11 is 0. The molecule has 1 aliphatic rings. The number of nitro groups is 1. The van der Waals surface area contributed by atoms with Crippen molar-refractivity contribution in [1.82, 2.24) is 4.98 Å². The minimum atomic E-state index is -0.551. The van der Waals surface area contributed by atoms with E-state index in [4.69, 9.17) is 4.74 Å². The SMILES string of the molecule is O=[N+]([O-])c1ncc(O)cc1N1CCOCC1. The van der Waals surface area contributed by atoms with Crippen molar-refractivity contribution >= 4 is 11.5 Å². The second kappa shape index (κ2) is 4.31. The third kappa shape index (κ3) is 2.03. The maximum Gasteiger partial charge on any atom is 0.387 e. The van der Waals surface area contributed by atoms with Crippen LogP contribution in [0.2, 0.25) is 0 Å². The molecule has 0 radical (unpaired) electrons. The first-order valence-corrected chi connectivity index (χ1v) is 4.84. The van der Waals surface area contributed by atoms with Crippen LogP contribution < -0.4 is 4.90 Å². The highest BCUT2D eigenvalue weighted by Crippen LogP contribution is 2.29. The molecule has 0 aromatic carbocycles. The second-order valence-electron chi connectivity index (χ2n) is 3.39. The van der Waals surface area contributed by atoms with E-state index in [1.165, 1.54) is 6.07 Å². The summed E-state index contributed by atoms with van der Waals surface area (Å²) in [6, 6.07) is 1.36. The van der Waals surface area contributed by atoms with Gasteiger partial charge in [-0.25, -0.2) is 0 Å². The van der Waals surface area contributed by atoms with Gasteiger partial charge in [-0.3, -0.25) is 0 Å². The molecule has 16 heavy (non-hydrogen) atoms. The highest BCUT2D eigenvalue weighted by atomic mass is 16.6. The molecule has 1 N–H and O–H groups in total. The summed E-state index contributed by atoms with van der Waals surface area (Å²) < 4.78 is 5.16. The average Bonchev–Trinajstić information content (AvgIpc) is 2.29. The molecule has 0 amide bonds. The quantitative estimate of drug-likeness (QED) is 0.583. The average molecular weight is 225 g/mol. The number of aromatic hydroxyl groups is 1. The fourth-order valence-electron chi connectivity index (χ4n) is 1.61. The molecule has 86 valence electrons. The summed E-state index contributed by atoms with van der Waals surface area (Å²) in [6.45, 7) is 2.16. The van der Waals surface area contributed by atoms with Crippen LogP contribution in [0.4, 0.5) is 11.5 Å². The Morgan fingerprint density at radius 3 is 2.81 bits per heavy atom. The first-order chi connectivity index (χ1) is 7.68. The first-order valence-electron chi connectivity index (χ1n) is 4.84. The predicted octanol–water partition coefficient (Wildman–Crippen LogP) is 0.532. The lowest BCUT2D eigenvalue weighted by Gasteiger charge is -2.27. The van der Waals surface area contributed by atoms with Crippen LogP contribution in [0.25, 0.3) is 0 Å². The molecule has 7 heteroatoms. The minimum absolute atomic E-state index is 0.0768. The van der Waals surface area contributed by atoms with Gasteiger partial charge < -0.3 is 24.9 Å². The summed E-state index contributed by atoms with van der Waals surface area (Å²) in [4.78, 5) is 15.6. The summed E-state index contributed by atoms with van der Waals surface area (Å²) in [7, 11) is 0. The fourth-order valence-corrected chi connectivity index (χ4v) is 1.61. The molecule has 2 rings (SSSR count). The van der Waals surface area contributed by atoms with Crippen LogP contribution in [0.3, 0.4) is 0 Å². The van der Waals surface area contributed by atoms with Gasteiger partial charge in [-0.05, 0) is 9.91 Å². The molecule has 1 aromatic heterocycles. The van der Waals surface area contributed by atoms with Crippen LogP contribution in [0.15, 0.2) is 12.3 Å². The Morgan fingerprint density at radius 1 is 1.50 bits per heavy atom. The van der Waals surface area contributed by atoms with Crippen LogP contribution in [0.1, 0.15) is 0 Å². The lowest BCUT2D eigenvalue weighted by molar-refractivity contribution is -0.388. The topological polar surface area (TPSA) is 88.7 Å². The normalized spacial score (nSPS) is 16.1. The number of anilines is 1. The number of ether oxygens (including phenoxy) is 1. The Morgan fingerprint density at radius 2 is 2.19 bits per heavy atom. The molecule has 0 bridgehead atoms. The van der Waals surface area contributed by atoms with E-state index in [1.807, 2.05) is 0 Å². The Labute approximate surface area is 91.4 Å². The zero-order chi connectivity index (χ0) is 11.5. The van der Waals surface area contributed by atoms with Gasteiger partial charge in [-0.2, -0.15) is 0 Å². The smallest absolute Gasteiger partial charge is 0.387 e. The van der Waals surface area contributed by atoms with E-state index in [-0.39, 0.29) is 11.6 Å². The molecule has 1 aliphatic heterocycles. The second-order valence-corrected chi connectivity index (χ2v) is 3.39. The van der Waals surface area contributed by atoms with Crippen molar-refractivity contribution in [2.45, 2.75) is 0 Å². The van der Waals surface area contributed by atoms with Crippen molar-refractivity contribution in [3.05, 3.63) is 22.4 Å². The molecule has 0 atom stereocenters. The van der Waals surface area contributed by atoms with E-state index in [0.717, 1.165) is 6.20 Å². The Bertz CT molecular complexity index is 404. The molecule has 0 spiro atoms. The molecule has 0 aliphatic carbocycles. The van der Waals surface area contributed by atoms with Gasteiger partial charge in [0.2, 0.25) is 0 Å². The predicted molar refractivity (Wildman–Crippen MR) is 55.6 cm³/mol. The lowest BCUT2D eigenvalue weighted by atomic mass is 10.3. The van der Waals surface area contributed by atoms with Crippen LogP contribution in [-0.2, 0) is 4.74 Å². The summed E-state index contributed by atoms with van der Waals surface area (Å²) in [5, 5.41) is 20.1. The number of morpholine rings is 1. The first kappa shape index (κ1) is 10.6. The third-order valence-electron chi connectivity index (χ3n) is 2.36. The number of nitrogens with zero attached hydrogens (tertiary/aromatic N) is 3. The molecule has 2 heterocycles. The minimum Gasteiger partial charge on any atom is -0.504 e. The van der Waals surface area contributed by atoms with Gasteiger partial charge >= 0.3 is 5.82 Å². The summed E-state index contributed by atoms with van der Waals surface area (Å²) in [6.07, 6.45) is 1.07. The maximum atomic E-state index is 10.8. The highest BCUT2D eigenvalue weighted by Gasteiger charge is 2.23. The van der Waals surface area contributed by atoms with Crippen molar-refractivity contribution in [3.8, 4) is 5.75 Å². The molecule has 1 fully saturated rings. The van der Waals surface area contributed by atoms with Crippen molar-refractivity contribution in [2.24, 2.45) is 0 Å². The maximum absolute atomic E-state index is 10.8. The Hall–Kier alpha value is -1.89. The molecule has 0 unspecified atom stereocenters. The van der Waals surface area contributed by atoms with Crippen molar-refractivity contribution in [3.63, 3.8) is 0 Å². The van der Waals surface area contributed by atoms with Gasteiger partial charge in [0, 0.05) is 19.2 Å². The molecular formula is C9H11N3O4. The van der Waals surface area contributed by atoms with E-state index in [1.54, 1.807) is 4.90 Å². The monoisotopic (exact) mass is 225 g/mol. The number of pyridine rings is 1. The van der Waals surface area contributed by atoms with E-state index >= 15 is 0 Å². The summed E-state index contributed by atoms with van der Waals surface area (Å²) in [5.41, 5.74) is 0.341. The third-order valence-corrected chi connectivity index (χ3v) is 2.36. The van der Waals surface area contributed by atoms with Gasteiger partial charge in [-0.15, -0.1) is 0 Å². The number of rotatable bonds is 2. The zero-order valence-electron chi connectivity index (χ0n) is 8.50. The molecule has 1 saturated heterocycles. The molecule has 1 aromatic rings. The van der Waals surface area contributed by atoms with E-state index in [2.05, 4.69) is 4.98 Å². The number of aromatic nitrogens is 1. The van der Waals surface area contributed by atoms with Gasteiger partial charge in [0.05, 0.1) is 13.2 Å². The van der Waals surface area contributed by atoms with Crippen molar-refractivity contribution < 1.29 is 14.8 Å². The number of hydrogen-bond donors (Lipinski definition) is 1. The van der Waals surface area contributed by atoms with Crippen LogP contribution in [0.5, 0.6) is 5.75 Å². The summed E-state index contributed by atoms with van der Waals surface area (Å²) in [5.74, 6) is -0.313. The largest absolute Gasteiger partial charge is 0.504 e. The van der Waals surface area contributed by atoms with E-state index in [9.17, 15) is 15.2 Å².